The van der Waals surface area contributed by atoms with Gasteiger partial charge in [-0.2, -0.15) is 0 Å². The van der Waals surface area contributed by atoms with Crippen molar-refractivity contribution in [2.75, 3.05) is 19.4 Å². The van der Waals surface area contributed by atoms with Gasteiger partial charge in [-0.25, -0.2) is 4.98 Å². The van der Waals surface area contributed by atoms with Gasteiger partial charge in [0.25, 0.3) is 5.91 Å². The van der Waals surface area contributed by atoms with Crippen LogP contribution in [0.5, 0.6) is 0 Å². The van der Waals surface area contributed by atoms with Crippen LogP contribution in [0.1, 0.15) is 21.1 Å². The molecule has 0 fully saturated rings. The quantitative estimate of drug-likeness (QED) is 0.941. The van der Waals surface area contributed by atoms with Crippen LogP contribution in [0.25, 0.3) is 0 Å². The largest absolute Gasteiger partial charge is 0.378 e. The Balaban J connectivity index is 2.21. The van der Waals surface area contributed by atoms with E-state index in [1.807, 2.05) is 12.3 Å². The third-order valence-electron chi connectivity index (χ3n) is 2.71. The number of halogens is 1. The average Bonchev–Trinajstić information content (AvgIpc) is 2.81. The number of hydrogen-bond donors (Lipinski definition) is 1. The summed E-state index contributed by atoms with van der Waals surface area (Å²) in [7, 11) is 3.45. The summed E-state index contributed by atoms with van der Waals surface area (Å²) in [5, 5.41) is 6.81. The summed E-state index contributed by atoms with van der Waals surface area (Å²) in [5.41, 5.74) is 2.33. The zero-order valence-electron chi connectivity index (χ0n) is 11.6. The van der Waals surface area contributed by atoms with Gasteiger partial charge in [0.15, 0.2) is 0 Å². The van der Waals surface area contributed by atoms with E-state index in [-0.39, 0.29) is 5.91 Å². The minimum atomic E-state index is -0.0560. The Hall–Kier alpha value is -1.59. The predicted molar refractivity (Wildman–Crippen MR) is 83.6 cm³/mol. The third kappa shape index (κ3) is 3.49. The van der Waals surface area contributed by atoms with Crippen LogP contribution in [0.15, 0.2) is 23.6 Å². The smallest absolute Gasteiger partial charge is 0.255 e. The van der Waals surface area contributed by atoms with Crippen molar-refractivity contribution in [3.8, 4) is 0 Å². The lowest BCUT2D eigenvalue weighted by atomic mass is 10.1. The molecule has 0 aliphatic rings. The van der Waals surface area contributed by atoms with Gasteiger partial charge in [-0.1, -0.05) is 11.6 Å². The van der Waals surface area contributed by atoms with E-state index < -0.39 is 0 Å². The van der Waals surface area contributed by atoms with Gasteiger partial charge in [0, 0.05) is 35.9 Å². The fraction of sp³-hybridized carbons (Fsp3) is 0.286. The number of thiazole rings is 1. The van der Waals surface area contributed by atoms with Crippen LogP contribution < -0.4 is 5.32 Å². The lowest BCUT2D eigenvalue weighted by Crippen LogP contribution is -2.23. The fourth-order valence-electron chi connectivity index (χ4n) is 1.74. The van der Waals surface area contributed by atoms with Crippen molar-refractivity contribution in [2.45, 2.75) is 13.5 Å². The molecule has 0 aliphatic carbocycles. The summed E-state index contributed by atoms with van der Waals surface area (Å²) in [6.07, 6.45) is 0. The van der Waals surface area contributed by atoms with Crippen LogP contribution in [-0.2, 0) is 6.54 Å². The Morgan fingerprint density at radius 3 is 2.80 bits per heavy atom. The first-order chi connectivity index (χ1) is 9.47. The van der Waals surface area contributed by atoms with Gasteiger partial charge in [-0.15, -0.1) is 11.3 Å². The van der Waals surface area contributed by atoms with Crippen molar-refractivity contribution in [1.29, 1.82) is 0 Å². The maximum atomic E-state index is 12.1. The van der Waals surface area contributed by atoms with Crippen LogP contribution in [0, 0.1) is 6.92 Å². The molecule has 4 nitrogen and oxygen atoms in total. The zero-order chi connectivity index (χ0) is 14.7. The van der Waals surface area contributed by atoms with E-state index in [0.29, 0.717) is 17.1 Å². The van der Waals surface area contributed by atoms with E-state index in [1.54, 1.807) is 48.5 Å². The molecule has 2 aromatic rings. The molecule has 0 atom stereocenters. The van der Waals surface area contributed by atoms with Crippen LogP contribution in [0.2, 0.25) is 5.02 Å². The van der Waals surface area contributed by atoms with Gasteiger partial charge in [0.05, 0.1) is 12.1 Å². The third-order valence-corrected chi connectivity index (χ3v) is 3.92. The van der Waals surface area contributed by atoms with Gasteiger partial charge in [-0.3, -0.25) is 4.79 Å². The highest BCUT2D eigenvalue weighted by molar-refractivity contribution is 7.09. The molecule has 0 unspecified atom stereocenters. The van der Waals surface area contributed by atoms with Crippen molar-refractivity contribution in [3.63, 3.8) is 0 Å². The lowest BCUT2D eigenvalue weighted by molar-refractivity contribution is 0.0828. The Kier molecular flexibility index (Phi) is 4.62. The number of carbonyl (C=O) groups is 1. The molecular weight excluding hydrogens is 294 g/mol. The summed E-state index contributed by atoms with van der Waals surface area (Å²) in [6.45, 7) is 2.53. The van der Waals surface area contributed by atoms with Crippen molar-refractivity contribution >= 4 is 34.5 Å². The second-order valence-corrected chi connectivity index (χ2v) is 6.00. The van der Waals surface area contributed by atoms with E-state index in [0.717, 1.165) is 16.4 Å². The van der Waals surface area contributed by atoms with Crippen molar-refractivity contribution < 1.29 is 4.79 Å². The molecule has 6 heteroatoms. The highest BCUT2D eigenvalue weighted by Gasteiger charge is 2.14. The molecule has 1 N–H and O–H groups in total. The summed E-state index contributed by atoms with van der Waals surface area (Å²) in [6, 6.07) is 5.22. The van der Waals surface area contributed by atoms with Gasteiger partial charge in [0.2, 0.25) is 0 Å². The molecule has 106 valence electrons. The Labute approximate surface area is 127 Å². The molecule has 0 saturated heterocycles. The van der Waals surface area contributed by atoms with E-state index in [2.05, 4.69) is 10.3 Å². The molecule has 0 radical (unpaired) electrons. The molecule has 0 aliphatic heterocycles. The van der Waals surface area contributed by atoms with Gasteiger partial charge in [-0.05, 0) is 25.1 Å². The number of hydrogen-bond acceptors (Lipinski definition) is 4. The maximum Gasteiger partial charge on any atom is 0.255 e. The highest BCUT2D eigenvalue weighted by Crippen LogP contribution is 2.23. The zero-order valence-corrected chi connectivity index (χ0v) is 13.2. The molecule has 2 rings (SSSR count). The fourth-order valence-corrected chi connectivity index (χ4v) is 2.63. The highest BCUT2D eigenvalue weighted by atomic mass is 35.5. The number of anilines is 1. The minimum Gasteiger partial charge on any atom is -0.378 e. The molecular formula is C14H16ClN3OS. The minimum absolute atomic E-state index is 0.0560. The first-order valence-electron chi connectivity index (χ1n) is 6.13. The average molecular weight is 310 g/mol. The van der Waals surface area contributed by atoms with E-state index >= 15 is 0 Å². The van der Waals surface area contributed by atoms with E-state index in [9.17, 15) is 4.79 Å². The van der Waals surface area contributed by atoms with Gasteiger partial charge >= 0.3 is 0 Å². The molecule has 1 heterocycles. The second-order valence-electron chi connectivity index (χ2n) is 4.63. The number of rotatable bonds is 4. The summed E-state index contributed by atoms with van der Waals surface area (Å²) in [5.74, 6) is -0.0560. The number of amides is 1. The normalized spacial score (nSPS) is 10.4. The van der Waals surface area contributed by atoms with Gasteiger partial charge in [0.1, 0.15) is 5.01 Å². The summed E-state index contributed by atoms with van der Waals surface area (Å²) >= 11 is 7.60. The van der Waals surface area contributed by atoms with E-state index in [4.69, 9.17) is 11.6 Å². The lowest BCUT2D eigenvalue weighted by Gasteiger charge is -2.15. The molecule has 1 aromatic carbocycles. The second kappa shape index (κ2) is 6.24. The first-order valence-corrected chi connectivity index (χ1v) is 7.39. The number of aromatic nitrogens is 1. The molecule has 1 aromatic heterocycles. The molecule has 0 bridgehead atoms. The Morgan fingerprint density at radius 2 is 2.20 bits per heavy atom. The number of nitrogens with one attached hydrogen (secondary N) is 1. The number of nitrogens with zero attached hydrogens (tertiary/aromatic N) is 2. The summed E-state index contributed by atoms with van der Waals surface area (Å²) < 4.78 is 0. The monoisotopic (exact) mass is 309 g/mol. The molecule has 0 spiro atoms. The van der Waals surface area contributed by atoms with Crippen molar-refractivity contribution in [3.05, 3.63) is 44.9 Å². The number of benzene rings is 1. The van der Waals surface area contributed by atoms with E-state index in [1.165, 1.54) is 0 Å². The Bertz CT molecular complexity index is 625. The van der Waals surface area contributed by atoms with Crippen molar-refractivity contribution in [2.24, 2.45) is 0 Å². The van der Waals surface area contributed by atoms with Crippen molar-refractivity contribution in [1.82, 2.24) is 9.88 Å². The van der Waals surface area contributed by atoms with Crippen LogP contribution >= 0.6 is 22.9 Å². The van der Waals surface area contributed by atoms with Crippen LogP contribution in [-0.4, -0.2) is 29.9 Å². The molecule has 1 amide bonds. The predicted octanol–water partition coefficient (Wildman–Crippen LogP) is 3.42. The Morgan fingerprint density at radius 1 is 1.45 bits per heavy atom. The standard InChI is InChI=1S/C14H16ClN3OS/c1-9-8-20-13(17-9)7-16-12-6-10(15)4-5-11(12)14(19)18(2)3/h4-6,8,16H,7H2,1-3H3. The SMILES string of the molecule is Cc1csc(CNc2cc(Cl)ccc2C(=O)N(C)C)n1. The molecule has 20 heavy (non-hydrogen) atoms. The number of aryl methyl sites for hydroxylation is 1. The summed E-state index contributed by atoms with van der Waals surface area (Å²) in [4.78, 5) is 18.1. The van der Waals surface area contributed by atoms with Gasteiger partial charge < -0.3 is 10.2 Å². The van der Waals surface area contributed by atoms with Crippen LogP contribution in [0.4, 0.5) is 5.69 Å². The first kappa shape index (κ1) is 14.8. The van der Waals surface area contributed by atoms with Crippen LogP contribution in [0.3, 0.4) is 0 Å². The number of carbonyl (C=O) groups excluding carboxylic acids is 1. The molecule has 0 saturated carbocycles. The maximum absolute atomic E-state index is 12.1. The topological polar surface area (TPSA) is 45.2 Å².